The number of quaternary nitrogens is 1. The predicted molar refractivity (Wildman–Crippen MR) is 85.9 cm³/mol. The van der Waals surface area contributed by atoms with Crippen molar-refractivity contribution in [1.29, 1.82) is 0 Å². The molecule has 0 radical (unpaired) electrons. The first kappa shape index (κ1) is 14.4. The van der Waals surface area contributed by atoms with Gasteiger partial charge in [-0.1, -0.05) is 6.42 Å². The van der Waals surface area contributed by atoms with E-state index in [1.807, 2.05) is 12.1 Å². The smallest absolute Gasteiger partial charge is 0.227 e. The Morgan fingerprint density at radius 2 is 1.90 bits per heavy atom. The Hall–Kier alpha value is -1.55. The van der Waals surface area contributed by atoms with Gasteiger partial charge < -0.3 is 15.1 Å². The molecule has 1 aliphatic carbocycles. The van der Waals surface area contributed by atoms with E-state index in [0.29, 0.717) is 0 Å². The summed E-state index contributed by atoms with van der Waals surface area (Å²) in [4.78, 5) is 16.1. The van der Waals surface area contributed by atoms with Crippen LogP contribution in [0.4, 0.5) is 11.4 Å². The van der Waals surface area contributed by atoms with Gasteiger partial charge in [0, 0.05) is 17.3 Å². The van der Waals surface area contributed by atoms with E-state index < -0.39 is 0 Å². The summed E-state index contributed by atoms with van der Waals surface area (Å²) < 4.78 is 0. The lowest BCUT2D eigenvalue weighted by Gasteiger charge is -2.33. The highest BCUT2D eigenvalue weighted by molar-refractivity contribution is 5.93. The third kappa shape index (κ3) is 3.38. The fourth-order valence-corrected chi connectivity index (χ4v) is 3.11. The van der Waals surface area contributed by atoms with E-state index in [4.69, 9.17) is 0 Å². The quantitative estimate of drug-likeness (QED) is 0.872. The Balaban J connectivity index is 1.55. The lowest BCUT2D eigenvalue weighted by atomic mass is 9.85. The van der Waals surface area contributed by atoms with E-state index in [0.717, 1.165) is 31.6 Å². The van der Waals surface area contributed by atoms with Crippen LogP contribution in [0.3, 0.4) is 0 Å². The summed E-state index contributed by atoms with van der Waals surface area (Å²) in [6.07, 6.45) is 3.30. The van der Waals surface area contributed by atoms with Crippen molar-refractivity contribution in [2.75, 3.05) is 42.9 Å². The average molecular weight is 288 g/mol. The van der Waals surface area contributed by atoms with E-state index in [1.54, 1.807) is 4.90 Å². The highest BCUT2D eigenvalue weighted by Gasteiger charge is 2.25. The Bertz CT molecular complexity index is 473. The SMILES string of the molecule is CC[NH+]1CCN(c2ccc(NC(=O)C3CCC3)cc2)CC1. The molecule has 4 nitrogen and oxygen atoms in total. The fraction of sp³-hybridized carbons (Fsp3) is 0.588. The van der Waals surface area contributed by atoms with Crippen molar-refractivity contribution in [3.63, 3.8) is 0 Å². The summed E-state index contributed by atoms with van der Waals surface area (Å²) in [6.45, 7) is 8.16. The molecule has 4 heteroatoms. The normalized spacial score (nSPS) is 20.1. The highest BCUT2D eigenvalue weighted by Crippen LogP contribution is 2.28. The third-order valence-corrected chi connectivity index (χ3v) is 4.95. The van der Waals surface area contributed by atoms with Gasteiger partial charge in [0.15, 0.2) is 0 Å². The van der Waals surface area contributed by atoms with Crippen molar-refractivity contribution in [2.24, 2.45) is 5.92 Å². The molecule has 1 heterocycles. The molecule has 0 aromatic heterocycles. The van der Waals surface area contributed by atoms with E-state index in [1.165, 1.54) is 31.7 Å². The first-order chi connectivity index (χ1) is 10.3. The molecule has 21 heavy (non-hydrogen) atoms. The maximum Gasteiger partial charge on any atom is 0.227 e. The number of rotatable bonds is 4. The Morgan fingerprint density at radius 3 is 2.43 bits per heavy atom. The number of amides is 1. The van der Waals surface area contributed by atoms with Crippen LogP contribution in [0.5, 0.6) is 0 Å². The zero-order valence-corrected chi connectivity index (χ0v) is 12.9. The van der Waals surface area contributed by atoms with Crippen molar-refractivity contribution in [2.45, 2.75) is 26.2 Å². The van der Waals surface area contributed by atoms with Crippen LogP contribution in [0, 0.1) is 5.92 Å². The van der Waals surface area contributed by atoms with Crippen molar-refractivity contribution in [1.82, 2.24) is 0 Å². The van der Waals surface area contributed by atoms with E-state index >= 15 is 0 Å². The minimum absolute atomic E-state index is 0.189. The number of carbonyl (C=O) groups is 1. The van der Waals surface area contributed by atoms with Crippen LogP contribution in [0.25, 0.3) is 0 Å². The first-order valence-corrected chi connectivity index (χ1v) is 8.25. The van der Waals surface area contributed by atoms with E-state index in [9.17, 15) is 4.79 Å². The van der Waals surface area contributed by atoms with Crippen LogP contribution in [0.15, 0.2) is 24.3 Å². The Labute approximate surface area is 127 Å². The molecular formula is C17H26N3O+. The van der Waals surface area contributed by atoms with Crippen molar-refractivity contribution >= 4 is 17.3 Å². The molecule has 0 bridgehead atoms. The molecule has 0 atom stereocenters. The Morgan fingerprint density at radius 1 is 1.24 bits per heavy atom. The number of likely N-dealkylation sites (N-methyl/N-ethyl adjacent to an activating group) is 1. The topological polar surface area (TPSA) is 36.8 Å². The van der Waals surface area contributed by atoms with Crippen LogP contribution in [-0.2, 0) is 4.79 Å². The summed E-state index contributed by atoms with van der Waals surface area (Å²) in [6, 6.07) is 8.33. The number of piperazine rings is 1. The molecular weight excluding hydrogens is 262 g/mol. The summed E-state index contributed by atoms with van der Waals surface area (Å²) in [5.74, 6) is 0.434. The second-order valence-electron chi connectivity index (χ2n) is 6.25. The maximum absolute atomic E-state index is 11.9. The monoisotopic (exact) mass is 288 g/mol. The van der Waals surface area contributed by atoms with E-state index in [-0.39, 0.29) is 11.8 Å². The average Bonchev–Trinajstić information content (AvgIpc) is 2.46. The molecule has 3 rings (SSSR count). The van der Waals surface area contributed by atoms with Crippen LogP contribution in [0.1, 0.15) is 26.2 Å². The van der Waals surface area contributed by atoms with Gasteiger partial charge in [-0.3, -0.25) is 4.79 Å². The largest absolute Gasteiger partial charge is 0.360 e. The van der Waals surface area contributed by atoms with Gasteiger partial charge in [0.25, 0.3) is 0 Å². The molecule has 0 spiro atoms. The summed E-state index contributed by atoms with van der Waals surface area (Å²) in [5, 5.41) is 3.03. The van der Waals surface area contributed by atoms with Crippen molar-refractivity contribution in [3.8, 4) is 0 Å². The number of hydrogen-bond acceptors (Lipinski definition) is 2. The molecule has 2 aliphatic rings. The van der Waals surface area contributed by atoms with Crippen LogP contribution < -0.4 is 15.1 Å². The standard InChI is InChI=1S/C17H25N3O/c1-2-19-10-12-20(13-11-19)16-8-6-15(7-9-16)18-17(21)14-4-3-5-14/h6-9,14H,2-5,10-13H2,1H3,(H,18,21)/p+1. The first-order valence-electron chi connectivity index (χ1n) is 8.25. The van der Waals surface area contributed by atoms with Gasteiger partial charge in [-0.15, -0.1) is 0 Å². The minimum atomic E-state index is 0.189. The zero-order chi connectivity index (χ0) is 14.7. The minimum Gasteiger partial charge on any atom is -0.360 e. The second kappa shape index (κ2) is 6.48. The number of hydrogen-bond donors (Lipinski definition) is 2. The third-order valence-electron chi connectivity index (χ3n) is 4.95. The lowest BCUT2D eigenvalue weighted by molar-refractivity contribution is -0.898. The molecule has 0 unspecified atom stereocenters. The van der Waals surface area contributed by atoms with Gasteiger partial charge >= 0.3 is 0 Å². The highest BCUT2D eigenvalue weighted by atomic mass is 16.1. The molecule has 114 valence electrons. The maximum atomic E-state index is 11.9. The predicted octanol–water partition coefficient (Wildman–Crippen LogP) is 1.15. The van der Waals surface area contributed by atoms with Crippen molar-refractivity contribution < 1.29 is 9.69 Å². The van der Waals surface area contributed by atoms with Gasteiger partial charge in [0.1, 0.15) is 0 Å². The number of benzene rings is 1. The molecule has 1 aromatic carbocycles. The molecule has 2 fully saturated rings. The van der Waals surface area contributed by atoms with Gasteiger partial charge in [0.2, 0.25) is 5.91 Å². The van der Waals surface area contributed by atoms with Crippen molar-refractivity contribution in [3.05, 3.63) is 24.3 Å². The number of nitrogens with one attached hydrogen (secondary N) is 2. The zero-order valence-electron chi connectivity index (χ0n) is 12.9. The Kier molecular flexibility index (Phi) is 4.44. The van der Waals surface area contributed by atoms with Gasteiger partial charge in [0.05, 0.1) is 32.7 Å². The summed E-state index contributed by atoms with van der Waals surface area (Å²) in [7, 11) is 0. The number of carbonyl (C=O) groups excluding carboxylic acids is 1. The van der Waals surface area contributed by atoms with Gasteiger partial charge in [-0.2, -0.15) is 0 Å². The second-order valence-corrected chi connectivity index (χ2v) is 6.25. The summed E-state index contributed by atoms with van der Waals surface area (Å²) >= 11 is 0. The molecule has 1 saturated carbocycles. The number of anilines is 2. The summed E-state index contributed by atoms with van der Waals surface area (Å²) in [5.41, 5.74) is 2.19. The molecule has 1 aliphatic heterocycles. The fourth-order valence-electron chi connectivity index (χ4n) is 3.11. The van der Waals surface area contributed by atoms with Crippen LogP contribution >= 0.6 is 0 Å². The molecule has 2 N–H and O–H groups in total. The molecule has 1 amide bonds. The van der Waals surface area contributed by atoms with Crippen LogP contribution in [0.2, 0.25) is 0 Å². The van der Waals surface area contributed by atoms with Gasteiger partial charge in [-0.25, -0.2) is 0 Å². The lowest BCUT2D eigenvalue weighted by Crippen LogP contribution is -3.14. The molecule has 1 saturated heterocycles. The molecule has 1 aromatic rings. The van der Waals surface area contributed by atoms with E-state index in [2.05, 4.69) is 29.3 Å². The van der Waals surface area contributed by atoms with Gasteiger partial charge in [-0.05, 0) is 44.0 Å². The van der Waals surface area contributed by atoms with Crippen LogP contribution in [-0.4, -0.2) is 38.6 Å². The number of nitrogens with zero attached hydrogens (tertiary/aromatic N) is 1.